The topological polar surface area (TPSA) is 46.1 Å². The van der Waals surface area contributed by atoms with E-state index in [9.17, 15) is 4.79 Å². The number of halogens is 1. The first-order valence-electron chi connectivity index (χ1n) is 10.2. The molecule has 0 aliphatic carbocycles. The van der Waals surface area contributed by atoms with Crippen LogP contribution in [0.15, 0.2) is 11.8 Å². The molecule has 0 amide bonds. The Bertz CT molecular complexity index is 583. The summed E-state index contributed by atoms with van der Waals surface area (Å²) in [7, 11) is 2.13. The molecule has 0 fully saturated rings. The molecule has 1 unspecified atom stereocenters. The van der Waals surface area contributed by atoms with Gasteiger partial charge in [0, 0.05) is 13.1 Å². The Morgan fingerprint density at radius 2 is 1.78 bits per heavy atom. The summed E-state index contributed by atoms with van der Waals surface area (Å²) >= 11 is 6.12. The molecule has 0 aromatic carbocycles. The van der Waals surface area contributed by atoms with Gasteiger partial charge in [-0.15, -0.1) is 0 Å². The largest absolute Gasteiger partial charge is 0.355 e. The average molecular weight is 396 g/mol. The molecule has 0 aliphatic rings. The van der Waals surface area contributed by atoms with E-state index >= 15 is 0 Å². The number of carbonyl (C=O) groups excluding carboxylic acids is 1. The van der Waals surface area contributed by atoms with Gasteiger partial charge in [-0.25, -0.2) is 9.97 Å². The molecule has 1 aromatic heterocycles. The fraction of sp³-hybridized carbons (Fsp3) is 0.682. The Kier molecular flexibility index (Phi) is 13.8. The predicted octanol–water partition coefficient (Wildman–Crippen LogP) is 6.72. The molecule has 0 saturated heterocycles. The maximum Gasteiger partial charge on any atom is 0.156 e. The van der Waals surface area contributed by atoms with Crippen LogP contribution < -0.4 is 4.90 Å². The number of unbranched alkanes of at least 4 members (excludes halogenated alkanes) is 2. The summed E-state index contributed by atoms with van der Waals surface area (Å²) in [6.07, 6.45) is 12.1. The average Bonchev–Trinajstić information content (AvgIpc) is 2.61. The smallest absolute Gasteiger partial charge is 0.156 e. The number of rotatable bonds is 10. The van der Waals surface area contributed by atoms with E-state index in [4.69, 9.17) is 11.6 Å². The Labute approximate surface area is 171 Å². The summed E-state index contributed by atoms with van der Waals surface area (Å²) in [6.45, 7) is 11.8. The van der Waals surface area contributed by atoms with E-state index in [1.165, 1.54) is 57.9 Å². The molecule has 4 nitrogen and oxygen atoms in total. The molecule has 1 atom stereocenters. The Balaban J connectivity index is 0.00000153. The molecular formula is C22H38ClN3O. The van der Waals surface area contributed by atoms with Crippen molar-refractivity contribution in [2.45, 2.75) is 92.5 Å². The summed E-state index contributed by atoms with van der Waals surface area (Å²) in [5.41, 5.74) is 2.22. The van der Waals surface area contributed by atoms with Crippen molar-refractivity contribution >= 4 is 29.3 Å². The van der Waals surface area contributed by atoms with Crippen LogP contribution in [0.2, 0.25) is 5.15 Å². The maximum atomic E-state index is 9.44. The molecule has 0 spiro atoms. The molecule has 27 heavy (non-hydrogen) atoms. The highest BCUT2D eigenvalue weighted by Crippen LogP contribution is 2.25. The third-order valence-corrected chi connectivity index (χ3v) is 4.52. The molecule has 1 aromatic rings. The first kappa shape index (κ1) is 25.6. The number of nitrogens with zero attached hydrogens (tertiary/aromatic N) is 3. The number of carbonyl (C=O) groups is 1. The van der Waals surface area contributed by atoms with Crippen LogP contribution >= 0.6 is 11.6 Å². The van der Waals surface area contributed by atoms with Crippen molar-refractivity contribution < 1.29 is 4.79 Å². The van der Waals surface area contributed by atoms with Crippen LogP contribution in [-0.2, 0) is 4.79 Å². The lowest BCUT2D eigenvalue weighted by Crippen LogP contribution is -2.33. The molecule has 5 heteroatoms. The van der Waals surface area contributed by atoms with Gasteiger partial charge in [0.15, 0.2) is 5.82 Å². The second-order valence-corrected chi connectivity index (χ2v) is 7.59. The number of anilines is 1. The van der Waals surface area contributed by atoms with Crippen LogP contribution in [0.3, 0.4) is 0 Å². The second kappa shape index (κ2) is 14.6. The van der Waals surface area contributed by atoms with E-state index in [2.05, 4.69) is 55.7 Å². The van der Waals surface area contributed by atoms with Crippen LogP contribution in [0.4, 0.5) is 5.82 Å². The van der Waals surface area contributed by atoms with E-state index in [-0.39, 0.29) is 5.78 Å². The van der Waals surface area contributed by atoms with Gasteiger partial charge < -0.3 is 9.69 Å². The number of aromatic nitrogens is 2. The number of allylic oxidation sites excluding steroid dienone is 1. The zero-order chi connectivity index (χ0) is 20.8. The quantitative estimate of drug-likeness (QED) is 0.412. The van der Waals surface area contributed by atoms with E-state index in [1.807, 2.05) is 0 Å². The summed E-state index contributed by atoms with van der Waals surface area (Å²) in [5.74, 6) is 1.07. The van der Waals surface area contributed by atoms with Gasteiger partial charge in [-0.3, -0.25) is 0 Å². The maximum absolute atomic E-state index is 9.44. The summed E-state index contributed by atoms with van der Waals surface area (Å²) in [6, 6.07) is 0.494. The van der Waals surface area contributed by atoms with E-state index < -0.39 is 0 Å². The molecule has 1 rings (SSSR count). The minimum Gasteiger partial charge on any atom is -0.355 e. The van der Waals surface area contributed by atoms with E-state index in [0.717, 1.165) is 17.9 Å². The predicted molar refractivity (Wildman–Crippen MR) is 119 cm³/mol. The highest BCUT2D eigenvalue weighted by atomic mass is 35.5. The zero-order valence-corrected chi connectivity index (χ0v) is 19.1. The zero-order valence-electron chi connectivity index (χ0n) is 18.3. The molecule has 0 bridgehead atoms. The Morgan fingerprint density at radius 3 is 2.30 bits per heavy atom. The summed E-state index contributed by atoms with van der Waals surface area (Å²) in [5, 5.41) is 0.460. The van der Waals surface area contributed by atoms with Crippen LogP contribution in [0.25, 0.3) is 6.08 Å². The fourth-order valence-corrected chi connectivity index (χ4v) is 2.86. The lowest BCUT2D eigenvalue weighted by Gasteiger charge is -2.30. The third kappa shape index (κ3) is 11.1. The molecule has 0 N–H and O–H groups in total. The molecular weight excluding hydrogens is 358 g/mol. The molecule has 0 aliphatic heterocycles. The number of Topliss-reactive ketones (excluding diaryl/α,β-unsaturated/α-hetero) is 1. The van der Waals surface area contributed by atoms with Crippen molar-refractivity contribution in [1.29, 1.82) is 0 Å². The van der Waals surface area contributed by atoms with Gasteiger partial charge >= 0.3 is 0 Å². The van der Waals surface area contributed by atoms with Gasteiger partial charge in [-0.2, -0.15) is 0 Å². The van der Waals surface area contributed by atoms with Crippen LogP contribution in [0, 0.1) is 0 Å². The third-order valence-electron chi connectivity index (χ3n) is 4.34. The van der Waals surface area contributed by atoms with E-state index in [1.54, 1.807) is 6.20 Å². The van der Waals surface area contributed by atoms with Gasteiger partial charge in [0.05, 0.1) is 6.20 Å². The van der Waals surface area contributed by atoms with Crippen molar-refractivity contribution in [3.63, 3.8) is 0 Å². The first-order chi connectivity index (χ1) is 12.8. The van der Waals surface area contributed by atoms with Crippen LogP contribution in [0.5, 0.6) is 0 Å². The normalized spacial score (nSPS) is 12.2. The lowest BCUT2D eigenvalue weighted by molar-refractivity contribution is -0.114. The van der Waals surface area contributed by atoms with Crippen molar-refractivity contribution in [2.24, 2.45) is 0 Å². The van der Waals surface area contributed by atoms with Crippen LogP contribution in [0.1, 0.15) is 92.2 Å². The Morgan fingerprint density at radius 1 is 1.15 bits per heavy atom. The number of ketones is 1. The minimum absolute atomic E-state index is 0.167. The summed E-state index contributed by atoms with van der Waals surface area (Å²) < 4.78 is 0. The molecule has 0 saturated carbocycles. The van der Waals surface area contributed by atoms with Gasteiger partial charge in [0.1, 0.15) is 16.6 Å². The van der Waals surface area contributed by atoms with Crippen LogP contribution in [-0.4, -0.2) is 28.8 Å². The standard InChI is InChI=1S/C19H32ClN3.C3H6O/c1-6-9-10-12-16(11-7-2)23(5)19-17(13-15(4)8-3)21-14-18(20)22-19;1-3(2)4/h13-14,16H,6-12H2,1-5H3;1-2H3/b15-13-;. The molecule has 0 radical (unpaired) electrons. The van der Waals surface area contributed by atoms with Gasteiger partial charge in [0.2, 0.25) is 0 Å². The van der Waals surface area contributed by atoms with Gasteiger partial charge in [0.25, 0.3) is 0 Å². The SMILES string of the molecule is CC(C)=O.CCCCCC(CCC)N(C)c1nc(Cl)cnc1/C=C(/C)CC. The first-order valence-corrected chi connectivity index (χ1v) is 10.5. The Hall–Kier alpha value is -1.42. The summed E-state index contributed by atoms with van der Waals surface area (Å²) in [4.78, 5) is 20.8. The molecule has 1 heterocycles. The van der Waals surface area contributed by atoms with Crippen molar-refractivity contribution in [3.05, 3.63) is 22.6 Å². The monoisotopic (exact) mass is 395 g/mol. The minimum atomic E-state index is 0.167. The lowest BCUT2D eigenvalue weighted by atomic mass is 10.0. The van der Waals surface area contributed by atoms with Gasteiger partial charge in [-0.05, 0) is 46.1 Å². The molecule has 154 valence electrons. The number of hydrogen-bond donors (Lipinski definition) is 0. The van der Waals surface area contributed by atoms with Crippen molar-refractivity contribution in [1.82, 2.24) is 9.97 Å². The highest BCUT2D eigenvalue weighted by Gasteiger charge is 2.19. The van der Waals surface area contributed by atoms with Crippen molar-refractivity contribution in [2.75, 3.05) is 11.9 Å². The van der Waals surface area contributed by atoms with Gasteiger partial charge in [-0.1, -0.05) is 63.6 Å². The second-order valence-electron chi connectivity index (χ2n) is 7.20. The number of hydrogen-bond acceptors (Lipinski definition) is 4. The highest BCUT2D eigenvalue weighted by molar-refractivity contribution is 6.29. The van der Waals surface area contributed by atoms with E-state index in [0.29, 0.717) is 11.2 Å². The van der Waals surface area contributed by atoms with Crippen molar-refractivity contribution in [3.8, 4) is 0 Å². The fourth-order valence-electron chi connectivity index (χ4n) is 2.73.